The fourth-order valence-corrected chi connectivity index (χ4v) is 4.49. The van der Waals surface area contributed by atoms with E-state index in [-0.39, 0.29) is 38.4 Å². The number of halogens is 1. The summed E-state index contributed by atoms with van der Waals surface area (Å²) in [6.07, 6.45) is 0.301. The Balaban J connectivity index is 1.59. The van der Waals surface area contributed by atoms with Crippen molar-refractivity contribution < 1.29 is 38.5 Å². The van der Waals surface area contributed by atoms with E-state index in [1.165, 1.54) is 12.1 Å². The van der Waals surface area contributed by atoms with Crippen molar-refractivity contribution in [2.24, 2.45) is 0 Å². The molecule has 0 spiro atoms. The Hall–Kier alpha value is -5.18. The zero-order valence-corrected chi connectivity index (χ0v) is 23.4. The summed E-state index contributed by atoms with van der Waals surface area (Å²) in [5.74, 6) is -1.81. The lowest BCUT2D eigenvalue weighted by Crippen LogP contribution is -2.22. The van der Waals surface area contributed by atoms with E-state index in [1.54, 1.807) is 48.5 Å². The summed E-state index contributed by atoms with van der Waals surface area (Å²) in [6, 6.07) is 25.8. The lowest BCUT2D eigenvalue weighted by molar-refractivity contribution is -0.138. The van der Waals surface area contributed by atoms with Crippen molar-refractivity contribution in [2.45, 2.75) is 38.8 Å². The quantitative estimate of drug-likeness (QED) is 0.141. The molecular formula is C34H32FNO7. The molecular weight excluding hydrogens is 553 g/mol. The minimum Gasteiger partial charge on any atom is -0.493 e. The Labute approximate surface area is 248 Å². The molecule has 0 bridgehead atoms. The van der Waals surface area contributed by atoms with Gasteiger partial charge in [-0.25, -0.2) is 4.39 Å². The summed E-state index contributed by atoms with van der Waals surface area (Å²) in [7, 11) is 0. The maximum atomic E-state index is 14.1. The van der Waals surface area contributed by atoms with Gasteiger partial charge in [-0.15, -0.1) is 0 Å². The Morgan fingerprint density at radius 2 is 1.53 bits per heavy atom. The van der Waals surface area contributed by atoms with Crippen molar-refractivity contribution in [2.75, 3.05) is 6.61 Å². The monoisotopic (exact) mass is 585 g/mol. The molecule has 0 saturated heterocycles. The van der Waals surface area contributed by atoms with Crippen molar-refractivity contribution >= 4 is 17.8 Å². The third-order valence-electron chi connectivity index (χ3n) is 6.63. The molecule has 0 aliphatic heterocycles. The van der Waals surface area contributed by atoms with Crippen LogP contribution >= 0.6 is 0 Å². The molecule has 0 radical (unpaired) electrons. The van der Waals surface area contributed by atoms with E-state index in [0.717, 1.165) is 5.56 Å². The predicted octanol–water partition coefficient (Wildman–Crippen LogP) is 6.26. The number of amides is 1. The number of aliphatic carboxylic acids is 2. The summed E-state index contributed by atoms with van der Waals surface area (Å²) in [5, 5.41) is 21.1. The van der Waals surface area contributed by atoms with Gasteiger partial charge in [0.25, 0.3) is 5.91 Å². The van der Waals surface area contributed by atoms with Crippen LogP contribution in [-0.2, 0) is 29.2 Å². The van der Waals surface area contributed by atoms with Crippen LogP contribution in [0.1, 0.15) is 46.3 Å². The molecule has 0 heterocycles. The zero-order valence-electron chi connectivity index (χ0n) is 23.4. The first kappa shape index (κ1) is 30.8. The molecule has 0 aromatic heterocycles. The molecule has 0 saturated carbocycles. The molecule has 43 heavy (non-hydrogen) atoms. The average molecular weight is 586 g/mol. The molecule has 9 heteroatoms. The molecule has 3 N–H and O–H groups in total. The number of carbonyl (C=O) groups is 3. The molecule has 8 nitrogen and oxygen atoms in total. The molecule has 4 aromatic rings. The van der Waals surface area contributed by atoms with Gasteiger partial charge in [0.15, 0.2) is 0 Å². The van der Waals surface area contributed by atoms with E-state index in [1.807, 2.05) is 30.3 Å². The van der Waals surface area contributed by atoms with Gasteiger partial charge in [0, 0.05) is 30.5 Å². The van der Waals surface area contributed by atoms with Crippen LogP contribution in [0, 0.1) is 5.82 Å². The lowest BCUT2D eigenvalue weighted by Gasteiger charge is -2.17. The van der Waals surface area contributed by atoms with Gasteiger partial charge >= 0.3 is 11.9 Å². The van der Waals surface area contributed by atoms with Crippen LogP contribution in [0.2, 0.25) is 0 Å². The van der Waals surface area contributed by atoms with Crippen molar-refractivity contribution in [1.82, 2.24) is 5.32 Å². The number of hydrogen-bond donors (Lipinski definition) is 3. The molecule has 0 unspecified atom stereocenters. The number of hydrogen-bond acceptors (Lipinski definition) is 5. The van der Waals surface area contributed by atoms with Gasteiger partial charge in [0.2, 0.25) is 0 Å². The van der Waals surface area contributed by atoms with Crippen molar-refractivity contribution in [3.05, 3.63) is 119 Å². The SMILES string of the molecule is O=C(O)CCCOc1cccc(COc2cc(C(=O)NCc3ccccc3)cc(-c3cccc(F)c3)c2)c1CCC(=O)O. The molecule has 4 aromatic carbocycles. The van der Waals surface area contributed by atoms with E-state index in [9.17, 15) is 23.9 Å². The summed E-state index contributed by atoms with van der Waals surface area (Å²) < 4.78 is 26.0. The van der Waals surface area contributed by atoms with Crippen molar-refractivity contribution in [1.29, 1.82) is 0 Å². The highest BCUT2D eigenvalue weighted by molar-refractivity contribution is 5.96. The zero-order chi connectivity index (χ0) is 30.6. The minimum atomic E-state index is -0.971. The number of carboxylic acid groups (broad SMARTS) is 2. The molecule has 0 fully saturated rings. The van der Waals surface area contributed by atoms with Gasteiger partial charge in [-0.2, -0.15) is 0 Å². The Morgan fingerprint density at radius 3 is 2.28 bits per heavy atom. The van der Waals surface area contributed by atoms with Crippen LogP contribution < -0.4 is 14.8 Å². The Bertz CT molecular complexity index is 1570. The Kier molecular flexibility index (Phi) is 10.9. The highest BCUT2D eigenvalue weighted by Gasteiger charge is 2.15. The Morgan fingerprint density at radius 1 is 0.767 bits per heavy atom. The van der Waals surface area contributed by atoms with Crippen molar-refractivity contribution in [3.8, 4) is 22.6 Å². The second-order valence-corrected chi connectivity index (χ2v) is 9.85. The largest absolute Gasteiger partial charge is 0.493 e. The standard InChI is InChI=1S/C34H32FNO7/c35-28-11-4-9-24(18-28)26-17-27(34(41)36-21-23-7-2-1-3-8-23)20-29(19-26)43-22-25-10-5-12-31(30(25)14-15-33(39)40)42-16-6-13-32(37)38/h1-5,7-12,17-20H,6,13-16,21-22H2,(H,36,41)(H,37,38)(H,39,40). The van der Waals surface area contributed by atoms with E-state index < -0.39 is 17.8 Å². The number of rotatable bonds is 15. The van der Waals surface area contributed by atoms with E-state index in [4.69, 9.17) is 14.6 Å². The fourth-order valence-electron chi connectivity index (χ4n) is 4.49. The molecule has 0 aliphatic carbocycles. The smallest absolute Gasteiger partial charge is 0.303 e. The first-order valence-corrected chi connectivity index (χ1v) is 13.8. The number of carbonyl (C=O) groups excluding carboxylic acids is 1. The fraction of sp³-hybridized carbons (Fsp3) is 0.206. The molecule has 0 atom stereocenters. The minimum absolute atomic E-state index is 0.0406. The second kappa shape index (κ2) is 15.2. The van der Waals surface area contributed by atoms with Crippen LogP contribution in [0.15, 0.2) is 91.0 Å². The second-order valence-electron chi connectivity index (χ2n) is 9.85. The van der Waals surface area contributed by atoms with E-state index in [0.29, 0.717) is 52.3 Å². The summed E-state index contributed by atoms with van der Waals surface area (Å²) in [4.78, 5) is 35.4. The third-order valence-corrected chi connectivity index (χ3v) is 6.63. The van der Waals surface area contributed by atoms with Crippen molar-refractivity contribution in [3.63, 3.8) is 0 Å². The number of nitrogens with one attached hydrogen (secondary N) is 1. The van der Waals surface area contributed by atoms with Gasteiger partial charge in [0.05, 0.1) is 6.61 Å². The van der Waals surface area contributed by atoms with Crippen LogP contribution in [0.3, 0.4) is 0 Å². The van der Waals surface area contributed by atoms with Crippen LogP contribution in [-0.4, -0.2) is 34.7 Å². The third kappa shape index (κ3) is 9.43. The highest BCUT2D eigenvalue weighted by Crippen LogP contribution is 2.30. The summed E-state index contributed by atoms with van der Waals surface area (Å²) >= 11 is 0. The first-order chi connectivity index (χ1) is 20.8. The van der Waals surface area contributed by atoms with Gasteiger partial charge in [-0.05, 0) is 71.5 Å². The number of ether oxygens (including phenoxy) is 2. The van der Waals surface area contributed by atoms with E-state index >= 15 is 0 Å². The summed E-state index contributed by atoms with van der Waals surface area (Å²) in [6.45, 7) is 0.527. The van der Waals surface area contributed by atoms with Crippen LogP contribution in [0.5, 0.6) is 11.5 Å². The molecule has 222 valence electrons. The van der Waals surface area contributed by atoms with E-state index in [2.05, 4.69) is 5.32 Å². The van der Waals surface area contributed by atoms with Crippen LogP contribution in [0.4, 0.5) is 4.39 Å². The molecule has 4 rings (SSSR count). The van der Waals surface area contributed by atoms with Gasteiger partial charge in [-0.3, -0.25) is 14.4 Å². The van der Waals surface area contributed by atoms with Gasteiger partial charge in [0.1, 0.15) is 23.9 Å². The maximum absolute atomic E-state index is 14.1. The average Bonchev–Trinajstić information content (AvgIpc) is 3.00. The summed E-state index contributed by atoms with van der Waals surface area (Å²) in [5.41, 5.74) is 3.75. The maximum Gasteiger partial charge on any atom is 0.303 e. The molecule has 0 aliphatic rings. The number of benzene rings is 4. The first-order valence-electron chi connectivity index (χ1n) is 13.8. The predicted molar refractivity (Wildman–Crippen MR) is 159 cm³/mol. The van der Waals surface area contributed by atoms with Gasteiger partial charge < -0.3 is 25.0 Å². The van der Waals surface area contributed by atoms with Crippen LogP contribution in [0.25, 0.3) is 11.1 Å². The topological polar surface area (TPSA) is 122 Å². The lowest BCUT2D eigenvalue weighted by atomic mass is 10.0. The normalized spacial score (nSPS) is 10.6. The molecule has 1 amide bonds. The highest BCUT2D eigenvalue weighted by atomic mass is 19.1. The van der Waals surface area contributed by atoms with Gasteiger partial charge in [-0.1, -0.05) is 54.6 Å². The number of carboxylic acids is 2.